The molecule has 1 amide bonds. The molecule has 1 N–H and O–H groups in total. The predicted molar refractivity (Wildman–Crippen MR) is 117 cm³/mol. The first kappa shape index (κ1) is 20.0. The van der Waals surface area contributed by atoms with Gasteiger partial charge in [0.05, 0.1) is 36.8 Å². The number of fused-ring (bicyclic) bond motifs is 1. The van der Waals surface area contributed by atoms with Crippen LogP contribution in [0.1, 0.15) is 25.7 Å². The highest BCUT2D eigenvalue weighted by Gasteiger charge is 2.30. The molecule has 3 aromatic heterocycles. The molecule has 0 spiro atoms. The van der Waals surface area contributed by atoms with Crippen molar-refractivity contribution in [1.82, 2.24) is 24.8 Å². The van der Waals surface area contributed by atoms with Crippen molar-refractivity contribution < 1.29 is 9.53 Å². The Morgan fingerprint density at radius 2 is 1.81 bits per heavy atom. The van der Waals surface area contributed by atoms with E-state index < -0.39 is 0 Å². The number of nitrogens with one attached hydrogen (secondary N) is 1. The van der Waals surface area contributed by atoms with Crippen molar-refractivity contribution in [3.05, 3.63) is 43.1 Å². The highest BCUT2D eigenvalue weighted by Crippen LogP contribution is 2.29. The molecule has 2 aliphatic rings. The summed E-state index contributed by atoms with van der Waals surface area (Å²) in [6.45, 7) is 3.66. The summed E-state index contributed by atoms with van der Waals surface area (Å²) in [7, 11) is 0. The fourth-order valence-electron chi connectivity index (χ4n) is 4.56. The number of ether oxygens (including phenoxy) is 1. The molecule has 0 radical (unpaired) electrons. The van der Waals surface area contributed by atoms with Gasteiger partial charge in [0.25, 0.3) is 0 Å². The van der Waals surface area contributed by atoms with Gasteiger partial charge >= 0.3 is 0 Å². The van der Waals surface area contributed by atoms with Crippen LogP contribution in [0.25, 0.3) is 22.2 Å². The molecule has 2 fully saturated rings. The number of amides is 1. The van der Waals surface area contributed by atoms with Crippen LogP contribution in [0.3, 0.4) is 0 Å². The Bertz CT molecular complexity index is 1050. The second kappa shape index (κ2) is 9.03. The summed E-state index contributed by atoms with van der Waals surface area (Å²) in [6.07, 6.45) is 12.4. The molecule has 8 heteroatoms. The van der Waals surface area contributed by atoms with Gasteiger partial charge in [-0.2, -0.15) is 0 Å². The number of hydrogen-bond donors (Lipinski definition) is 1. The van der Waals surface area contributed by atoms with E-state index in [1.54, 1.807) is 31.0 Å². The van der Waals surface area contributed by atoms with Crippen LogP contribution < -0.4 is 5.32 Å². The fourth-order valence-corrected chi connectivity index (χ4v) is 4.56. The van der Waals surface area contributed by atoms with Gasteiger partial charge in [0.1, 0.15) is 5.82 Å². The summed E-state index contributed by atoms with van der Waals surface area (Å²) in [4.78, 5) is 32.7. The summed E-state index contributed by atoms with van der Waals surface area (Å²) < 4.78 is 5.46. The van der Waals surface area contributed by atoms with Crippen LogP contribution in [0.4, 0.5) is 5.82 Å². The van der Waals surface area contributed by atoms with Gasteiger partial charge in [-0.1, -0.05) is 0 Å². The monoisotopic (exact) mass is 418 g/mol. The van der Waals surface area contributed by atoms with E-state index in [1.165, 1.54) is 0 Å². The summed E-state index contributed by atoms with van der Waals surface area (Å²) in [6, 6.07) is 4.45. The molecule has 1 saturated heterocycles. The van der Waals surface area contributed by atoms with E-state index in [2.05, 4.69) is 30.2 Å². The average molecular weight is 419 g/mol. The summed E-state index contributed by atoms with van der Waals surface area (Å²) >= 11 is 0. The number of anilines is 1. The van der Waals surface area contributed by atoms with Gasteiger partial charge in [-0.15, -0.1) is 0 Å². The summed E-state index contributed by atoms with van der Waals surface area (Å²) in [5.74, 6) is 0.662. The number of aromatic nitrogens is 4. The Balaban J connectivity index is 1.24. The first-order chi connectivity index (χ1) is 15.3. The van der Waals surface area contributed by atoms with Gasteiger partial charge in [0, 0.05) is 54.6 Å². The number of rotatable bonds is 4. The minimum atomic E-state index is 0.0406. The molecule has 1 saturated carbocycles. The van der Waals surface area contributed by atoms with Gasteiger partial charge in [-0.3, -0.25) is 24.6 Å². The molecule has 0 atom stereocenters. The van der Waals surface area contributed by atoms with Crippen LogP contribution in [0, 0.1) is 5.92 Å². The average Bonchev–Trinajstić information content (AvgIpc) is 2.85. The summed E-state index contributed by atoms with van der Waals surface area (Å²) in [5.41, 5.74) is 2.42. The van der Waals surface area contributed by atoms with E-state index >= 15 is 0 Å². The van der Waals surface area contributed by atoms with Crippen LogP contribution in [0.15, 0.2) is 43.1 Å². The van der Waals surface area contributed by atoms with Crippen molar-refractivity contribution in [2.24, 2.45) is 5.92 Å². The molecule has 5 rings (SSSR count). The highest BCUT2D eigenvalue weighted by atomic mass is 16.5. The van der Waals surface area contributed by atoms with Crippen LogP contribution in [0.5, 0.6) is 0 Å². The number of carbonyl (C=O) groups excluding carboxylic acids is 1. The second-order valence-electron chi connectivity index (χ2n) is 8.22. The van der Waals surface area contributed by atoms with Gasteiger partial charge in [-0.05, 0) is 37.8 Å². The van der Waals surface area contributed by atoms with Crippen LogP contribution in [-0.4, -0.2) is 63.1 Å². The third-order valence-corrected chi connectivity index (χ3v) is 6.31. The Morgan fingerprint density at radius 3 is 2.58 bits per heavy atom. The zero-order valence-electron chi connectivity index (χ0n) is 17.4. The first-order valence-corrected chi connectivity index (χ1v) is 10.9. The zero-order chi connectivity index (χ0) is 21.0. The van der Waals surface area contributed by atoms with E-state index in [0.29, 0.717) is 11.9 Å². The maximum atomic E-state index is 12.9. The molecule has 3 aromatic rings. The van der Waals surface area contributed by atoms with Crippen molar-refractivity contribution in [3.8, 4) is 11.3 Å². The standard InChI is InChI=1S/C23H26N6O2/c30-23(16-1-3-19(4-2-16)29-7-9-31-10-8-29)28-22-12-17-11-18(13-26-21(17)15-27-22)20-14-24-5-6-25-20/h5-6,11-16,19H,1-4,7-10H2,(H,27,28,30). The molecule has 0 unspecified atom stereocenters. The lowest BCUT2D eigenvalue weighted by Gasteiger charge is -2.38. The molecule has 8 nitrogen and oxygen atoms in total. The normalized spacial score (nSPS) is 22.3. The molecule has 1 aliphatic heterocycles. The van der Waals surface area contributed by atoms with Gasteiger partial charge < -0.3 is 10.1 Å². The topological polar surface area (TPSA) is 93.1 Å². The number of pyridine rings is 2. The second-order valence-corrected chi connectivity index (χ2v) is 8.22. The molecule has 1 aliphatic carbocycles. The Hall–Kier alpha value is -2.97. The van der Waals surface area contributed by atoms with Crippen molar-refractivity contribution >= 4 is 22.6 Å². The Morgan fingerprint density at radius 1 is 0.968 bits per heavy atom. The minimum absolute atomic E-state index is 0.0406. The highest BCUT2D eigenvalue weighted by molar-refractivity contribution is 5.94. The van der Waals surface area contributed by atoms with Gasteiger partial charge in [0.15, 0.2) is 0 Å². The molecule has 160 valence electrons. The number of morpholine rings is 1. The lowest BCUT2D eigenvalue weighted by Crippen LogP contribution is -2.45. The minimum Gasteiger partial charge on any atom is -0.379 e. The lowest BCUT2D eigenvalue weighted by atomic mass is 9.84. The van der Waals surface area contributed by atoms with Crippen LogP contribution >= 0.6 is 0 Å². The van der Waals surface area contributed by atoms with Crippen LogP contribution in [-0.2, 0) is 9.53 Å². The number of nitrogens with zero attached hydrogens (tertiary/aromatic N) is 5. The largest absolute Gasteiger partial charge is 0.379 e. The van der Waals surface area contributed by atoms with Crippen molar-refractivity contribution in [2.45, 2.75) is 31.7 Å². The van der Waals surface area contributed by atoms with E-state index in [1.807, 2.05) is 12.1 Å². The quantitative estimate of drug-likeness (QED) is 0.696. The first-order valence-electron chi connectivity index (χ1n) is 10.9. The smallest absolute Gasteiger partial charge is 0.228 e. The SMILES string of the molecule is O=C(Nc1cc2cc(-c3cnccn3)cnc2cn1)C1CCC(N2CCOCC2)CC1. The van der Waals surface area contributed by atoms with Gasteiger partial charge in [-0.25, -0.2) is 4.98 Å². The van der Waals surface area contributed by atoms with Crippen molar-refractivity contribution in [3.63, 3.8) is 0 Å². The van der Waals surface area contributed by atoms with Crippen molar-refractivity contribution in [1.29, 1.82) is 0 Å². The maximum absolute atomic E-state index is 12.9. The Kier molecular flexibility index (Phi) is 5.82. The zero-order valence-corrected chi connectivity index (χ0v) is 17.4. The molecular formula is C23H26N6O2. The molecular weight excluding hydrogens is 392 g/mol. The van der Waals surface area contributed by atoms with Gasteiger partial charge in [0.2, 0.25) is 5.91 Å². The van der Waals surface area contributed by atoms with E-state index in [9.17, 15) is 4.79 Å². The molecule has 31 heavy (non-hydrogen) atoms. The van der Waals surface area contributed by atoms with Crippen LogP contribution in [0.2, 0.25) is 0 Å². The Labute approximate surface area is 181 Å². The predicted octanol–water partition coefficient (Wildman–Crippen LogP) is 2.92. The lowest BCUT2D eigenvalue weighted by molar-refractivity contribution is -0.121. The molecule has 0 aromatic carbocycles. The summed E-state index contributed by atoms with van der Waals surface area (Å²) in [5, 5.41) is 3.92. The third kappa shape index (κ3) is 4.55. The van der Waals surface area contributed by atoms with E-state index in [0.717, 1.165) is 74.1 Å². The molecule has 4 heterocycles. The molecule has 0 bridgehead atoms. The maximum Gasteiger partial charge on any atom is 0.228 e. The third-order valence-electron chi connectivity index (χ3n) is 6.31. The number of carbonyl (C=O) groups is 1. The van der Waals surface area contributed by atoms with Crippen molar-refractivity contribution in [2.75, 3.05) is 31.6 Å². The number of hydrogen-bond acceptors (Lipinski definition) is 7. The fraction of sp³-hybridized carbons (Fsp3) is 0.435. The van der Waals surface area contributed by atoms with E-state index in [-0.39, 0.29) is 11.8 Å². The van der Waals surface area contributed by atoms with E-state index in [4.69, 9.17) is 4.74 Å².